The molecule has 1 fully saturated rings. The number of aliphatic hydroxyl groups is 1. The Bertz CT molecular complexity index is 183. The second-order valence-corrected chi connectivity index (χ2v) is 3.41. The van der Waals surface area contributed by atoms with Crippen molar-refractivity contribution in [2.45, 2.75) is 37.9 Å². The summed E-state index contributed by atoms with van der Waals surface area (Å²) in [6, 6.07) is 0. The zero-order valence-electron chi connectivity index (χ0n) is 8.68. The molecule has 1 aliphatic heterocycles. The standard InChI is InChI=1S/C10H18O4/c1-4-5-13-9-6-8(11)7(2)14-10(9)12-3/h4,7-11H,1,5-6H2,2-3H3/t7-,8?,9+,10?/m0/s1. The van der Waals surface area contributed by atoms with Crippen LogP contribution in [0.5, 0.6) is 0 Å². The summed E-state index contributed by atoms with van der Waals surface area (Å²) in [6.45, 7) is 5.82. The lowest BCUT2D eigenvalue weighted by Gasteiger charge is -2.36. The van der Waals surface area contributed by atoms with Crippen molar-refractivity contribution in [3.8, 4) is 0 Å². The third-order valence-corrected chi connectivity index (χ3v) is 2.33. The normalized spacial score (nSPS) is 38.2. The van der Waals surface area contributed by atoms with Crippen LogP contribution in [0.3, 0.4) is 0 Å². The lowest BCUT2D eigenvalue weighted by molar-refractivity contribution is -0.260. The largest absolute Gasteiger partial charge is 0.390 e. The van der Waals surface area contributed by atoms with Crippen LogP contribution in [0.1, 0.15) is 13.3 Å². The number of methoxy groups -OCH3 is 1. The smallest absolute Gasteiger partial charge is 0.183 e. The molecule has 0 aromatic carbocycles. The Kier molecular flexibility index (Phi) is 4.54. The van der Waals surface area contributed by atoms with Gasteiger partial charge in [0.05, 0.1) is 18.8 Å². The van der Waals surface area contributed by atoms with Gasteiger partial charge in [-0.1, -0.05) is 6.08 Å². The highest BCUT2D eigenvalue weighted by molar-refractivity contribution is 4.80. The van der Waals surface area contributed by atoms with E-state index in [0.717, 1.165) is 0 Å². The summed E-state index contributed by atoms with van der Waals surface area (Å²) >= 11 is 0. The summed E-state index contributed by atoms with van der Waals surface area (Å²) < 4.78 is 16.0. The van der Waals surface area contributed by atoms with Crippen molar-refractivity contribution in [1.29, 1.82) is 0 Å². The summed E-state index contributed by atoms with van der Waals surface area (Å²) in [5, 5.41) is 9.57. The van der Waals surface area contributed by atoms with E-state index in [2.05, 4.69) is 6.58 Å². The maximum Gasteiger partial charge on any atom is 0.183 e. The number of ether oxygens (including phenoxy) is 3. The summed E-state index contributed by atoms with van der Waals surface area (Å²) in [5.74, 6) is 0. The summed E-state index contributed by atoms with van der Waals surface area (Å²) in [7, 11) is 1.57. The molecule has 1 saturated heterocycles. The van der Waals surface area contributed by atoms with Gasteiger partial charge in [0, 0.05) is 13.5 Å². The molecular formula is C10H18O4. The number of aliphatic hydroxyl groups excluding tert-OH is 1. The second kappa shape index (κ2) is 5.46. The molecule has 0 radical (unpaired) electrons. The first-order chi connectivity index (χ1) is 6.69. The predicted molar refractivity (Wildman–Crippen MR) is 51.9 cm³/mol. The zero-order chi connectivity index (χ0) is 10.6. The lowest BCUT2D eigenvalue weighted by atomic mass is 10.0. The minimum atomic E-state index is -0.490. The van der Waals surface area contributed by atoms with Crippen LogP contribution < -0.4 is 0 Å². The Morgan fingerprint density at radius 1 is 1.64 bits per heavy atom. The van der Waals surface area contributed by atoms with Crippen molar-refractivity contribution < 1.29 is 19.3 Å². The molecule has 82 valence electrons. The topological polar surface area (TPSA) is 47.9 Å². The molecule has 0 spiro atoms. The van der Waals surface area contributed by atoms with Crippen LogP contribution in [0.25, 0.3) is 0 Å². The zero-order valence-corrected chi connectivity index (χ0v) is 8.68. The van der Waals surface area contributed by atoms with Gasteiger partial charge in [-0.15, -0.1) is 6.58 Å². The highest BCUT2D eigenvalue weighted by atomic mass is 16.7. The van der Waals surface area contributed by atoms with E-state index in [-0.39, 0.29) is 12.2 Å². The third-order valence-electron chi connectivity index (χ3n) is 2.33. The lowest BCUT2D eigenvalue weighted by Crippen LogP contribution is -2.47. The van der Waals surface area contributed by atoms with Crippen molar-refractivity contribution in [3.63, 3.8) is 0 Å². The third kappa shape index (κ3) is 2.78. The van der Waals surface area contributed by atoms with Crippen molar-refractivity contribution in [1.82, 2.24) is 0 Å². The molecule has 1 heterocycles. The molecule has 1 N–H and O–H groups in total. The SMILES string of the molecule is C=CCO[C@@H]1CC(O)[C@H](C)OC1OC. The quantitative estimate of drug-likeness (QED) is 0.682. The van der Waals surface area contributed by atoms with Crippen molar-refractivity contribution in [2.75, 3.05) is 13.7 Å². The predicted octanol–water partition coefficient (Wildman–Crippen LogP) is 0.700. The average molecular weight is 202 g/mol. The fourth-order valence-electron chi connectivity index (χ4n) is 1.48. The van der Waals surface area contributed by atoms with Gasteiger partial charge in [-0.2, -0.15) is 0 Å². The molecule has 4 nitrogen and oxygen atoms in total. The Hall–Kier alpha value is -0.420. The van der Waals surface area contributed by atoms with E-state index in [1.54, 1.807) is 13.2 Å². The Balaban J connectivity index is 2.48. The first-order valence-electron chi connectivity index (χ1n) is 4.77. The van der Waals surface area contributed by atoms with Crippen molar-refractivity contribution >= 4 is 0 Å². The molecular weight excluding hydrogens is 184 g/mol. The molecule has 4 heteroatoms. The van der Waals surface area contributed by atoms with E-state index in [9.17, 15) is 5.11 Å². The fraction of sp³-hybridized carbons (Fsp3) is 0.800. The van der Waals surface area contributed by atoms with E-state index >= 15 is 0 Å². The van der Waals surface area contributed by atoms with Gasteiger partial charge in [-0.05, 0) is 6.92 Å². The molecule has 0 amide bonds. The highest BCUT2D eigenvalue weighted by Gasteiger charge is 2.35. The molecule has 4 atom stereocenters. The Morgan fingerprint density at radius 2 is 2.36 bits per heavy atom. The molecule has 0 aliphatic carbocycles. The van der Waals surface area contributed by atoms with E-state index in [0.29, 0.717) is 13.0 Å². The Morgan fingerprint density at radius 3 is 2.93 bits per heavy atom. The van der Waals surface area contributed by atoms with E-state index < -0.39 is 12.4 Å². The number of rotatable bonds is 4. The maximum absolute atomic E-state index is 9.57. The van der Waals surface area contributed by atoms with Gasteiger partial charge >= 0.3 is 0 Å². The number of hydrogen-bond donors (Lipinski definition) is 1. The molecule has 1 aliphatic rings. The van der Waals surface area contributed by atoms with E-state index in [4.69, 9.17) is 14.2 Å². The van der Waals surface area contributed by atoms with Gasteiger partial charge in [-0.25, -0.2) is 0 Å². The summed E-state index contributed by atoms with van der Waals surface area (Å²) in [4.78, 5) is 0. The summed E-state index contributed by atoms with van der Waals surface area (Å²) in [6.07, 6.45) is 0.891. The molecule has 0 saturated carbocycles. The minimum Gasteiger partial charge on any atom is -0.390 e. The maximum atomic E-state index is 9.57. The average Bonchev–Trinajstić information content (AvgIpc) is 2.19. The van der Waals surface area contributed by atoms with E-state index in [1.165, 1.54) is 0 Å². The monoisotopic (exact) mass is 202 g/mol. The fourth-order valence-corrected chi connectivity index (χ4v) is 1.48. The van der Waals surface area contributed by atoms with Crippen LogP contribution in [-0.2, 0) is 14.2 Å². The highest BCUT2D eigenvalue weighted by Crippen LogP contribution is 2.22. The van der Waals surface area contributed by atoms with Crippen molar-refractivity contribution in [2.24, 2.45) is 0 Å². The van der Waals surface area contributed by atoms with Gasteiger partial charge in [0.1, 0.15) is 6.10 Å². The van der Waals surface area contributed by atoms with Gasteiger partial charge < -0.3 is 19.3 Å². The van der Waals surface area contributed by atoms with Crippen LogP contribution in [0.15, 0.2) is 12.7 Å². The first-order valence-corrected chi connectivity index (χ1v) is 4.77. The van der Waals surface area contributed by atoms with Gasteiger partial charge in [-0.3, -0.25) is 0 Å². The van der Waals surface area contributed by atoms with Crippen molar-refractivity contribution in [3.05, 3.63) is 12.7 Å². The summed E-state index contributed by atoms with van der Waals surface area (Å²) in [5.41, 5.74) is 0. The van der Waals surface area contributed by atoms with Crippen LogP contribution >= 0.6 is 0 Å². The molecule has 14 heavy (non-hydrogen) atoms. The van der Waals surface area contributed by atoms with Crippen LogP contribution in [0, 0.1) is 0 Å². The second-order valence-electron chi connectivity index (χ2n) is 3.41. The van der Waals surface area contributed by atoms with Crippen LogP contribution in [0.4, 0.5) is 0 Å². The molecule has 0 bridgehead atoms. The van der Waals surface area contributed by atoms with E-state index in [1.807, 2.05) is 6.92 Å². The van der Waals surface area contributed by atoms with Gasteiger partial charge in [0.25, 0.3) is 0 Å². The van der Waals surface area contributed by atoms with Crippen LogP contribution in [-0.4, -0.2) is 43.4 Å². The Labute approximate surface area is 84.5 Å². The van der Waals surface area contributed by atoms with Gasteiger partial charge in [0.2, 0.25) is 0 Å². The molecule has 0 aromatic heterocycles. The molecule has 1 rings (SSSR count). The van der Waals surface area contributed by atoms with Crippen LogP contribution in [0.2, 0.25) is 0 Å². The minimum absolute atomic E-state index is 0.205. The van der Waals surface area contributed by atoms with Gasteiger partial charge in [0.15, 0.2) is 6.29 Å². The first kappa shape index (κ1) is 11.7. The molecule has 0 aromatic rings. The molecule has 2 unspecified atom stereocenters. The number of hydrogen-bond acceptors (Lipinski definition) is 4.